The lowest BCUT2D eigenvalue weighted by Crippen LogP contribution is -2.45. The van der Waals surface area contributed by atoms with Crippen LogP contribution in [-0.4, -0.2) is 58.8 Å². The van der Waals surface area contributed by atoms with E-state index < -0.39 is 23.5 Å². The molecule has 1 fully saturated rings. The Hall–Kier alpha value is -6.34. The fraction of sp³-hybridized carbons (Fsp3) is 0.289. The number of aromatic amines is 1. The van der Waals surface area contributed by atoms with Crippen molar-refractivity contribution in [3.05, 3.63) is 118 Å². The van der Waals surface area contributed by atoms with Gasteiger partial charge in [0.25, 0.3) is 5.91 Å². The summed E-state index contributed by atoms with van der Waals surface area (Å²) in [5, 5.41) is 31.3. The van der Waals surface area contributed by atoms with Crippen LogP contribution in [-0.2, 0) is 22.6 Å². The van der Waals surface area contributed by atoms with E-state index in [1.165, 1.54) is 19.3 Å². The number of phenolic OH excluding ortho intramolecular Hbond substituents is 1. The number of ether oxygens (including phenoxy) is 2. The molecule has 7 aromatic rings. The molecule has 1 unspecified atom stereocenters. The molecule has 0 aliphatic heterocycles. The number of phenols is 1. The number of fused-ring (bicyclic) bond motifs is 1. The normalized spacial score (nSPS) is 14.0. The van der Waals surface area contributed by atoms with E-state index in [0.29, 0.717) is 23.2 Å². The largest absolute Gasteiger partial charge is 0.508 e. The van der Waals surface area contributed by atoms with Crippen LogP contribution in [0.3, 0.4) is 0 Å². The number of aromatic nitrogens is 6. The molecule has 0 radical (unpaired) electrons. The maximum atomic E-state index is 13.8. The molecular formula is C45H45N7O5S. The first kappa shape index (κ1) is 38.5. The highest BCUT2D eigenvalue weighted by atomic mass is 32.1. The predicted molar refractivity (Wildman–Crippen MR) is 223 cm³/mol. The van der Waals surface area contributed by atoms with Crippen LogP contribution in [0.1, 0.15) is 80.4 Å². The standard InChI is InChI=1S/C45H45N7O5S/c1-45(2,3)57-44(55)39(23-28-9-15-35(53)16-10-28)47-43(54)31-13-19-37(32-21-22-58-27-32)33(24-31)26-56-36-17-11-29(12-18-36)42-46-38-25-30(41-48-50-51-49-41)14-20-40(38)52(42)34-7-5-4-6-8-34/h9-22,24-25,27,34,39,53H,4-8,23,26H2,1-3H3,(H,47,54)(H,48,49,50,51). The Bertz CT molecular complexity index is 2500. The average molecular weight is 796 g/mol. The molecule has 0 spiro atoms. The Morgan fingerprint density at radius 3 is 2.41 bits per heavy atom. The van der Waals surface area contributed by atoms with Gasteiger partial charge in [-0.25, -0.2) is 9.78 Å². The number of hydrogen-bond acceptors (Lipinski definition) is 10. The summed E-state index contributed by atoms with van der Waals surface area (Å²) >= 11 is 1.59. The monoisotopic (exact) mass is 795 g/mol. The van der Waals surface area contributed by atoms with E-state index in [1.807, 2.05) is 60.0 Å². The van der Waals surface area contributed by atoms with Crippen LogP contribution in [0.2, 0.25) is 0 Å². The van der Waals surface area contributed by atoms with Gasteiger partial charge in [-0.15, -0.1) is 10.2 Å². The summed E-state index contributed by atoms with van der Waals surface area (Å²) in [4.78, 5) is 32.3. The van der Waals surface area contributed by atoms with Crippen LogP contribution in [0, 0.1) is 0 Å². The molecule has 0 saturated heterocycles. The van der Waals surface area contributed by atoms with Gasteiger partial charge in [0.05, 0.1) is 11.0 Å². The van der Waals surface area contributed by atoms with Crippen molar-refractivity contribution in [2.45, 2.75) is 83.6 Å². The highest BCUT2D eigenvalue weighted by molar-refractivity contribution is 7.08. The van der Waals surface area contributed by atoms with E-state index in [9.17, 15) is 14.7 Å². The van der Waals surface area contributed by atoms with Gasteiger partial charge in [0.15, 0.2) is 0 Å². The lowest BCUT2D eigenvalue weighted by molar-refractivity contribution is -0.157. The molecule has 1 aliphatic carbocycles. The van der Waals surface area contributed by atoms with Crippen molar-refractivity contribution < 1.29 is 24.2 Å². The number of nitrogens with one attached hydrogen (secondary N) is 2. The van der Waals surface area contributed by atoms with Crippen LogP contribution >= 0.6 is 11.3 Å². The number of H-pyrrole nitrogens is 1. The molecule has 58 heavy (non-hydrogen) atoms. The molecule has 1 amide bonds. The van der Waals surface area contributed by atoms with E-state index in [4.69, 9.17) is 14.5 Å². The Balaban J connectivity index is 1.04. The Morgan fingerprint density at radius 2 is 1.71 bits per heavy atom. The van der Waals surface area contributed by atoms with Crippen molar-refractivity contribution in [2.24, 2.45) is 0 Å². The summed E-state index contributed by atoms with van der Waals surface area (Å²) in [6.45, 7) is 5.57. The topological polar surface area (TPSA) is 157 Å². The zero-order chi connectivity index (χ0) is 40.2. The molecule has 1 aliphatic rings. The lowest BCUT2D eigenvalue weighted by atomic mass is 9.95. The third-order valence-corrected chi connectivity index (χ3v) is 11.0. The van der Waals surface area contributed by atoms with Crippen LogP contribution in [0.4, 0.5) is 0 Å². The summed E-state index contributed by atoms with van der Waals surface area (Å²) in [7, 11) is 0. The van der Waals surface area contributed by atoms with Gasteiger partial charge in [-0.05, 0) is 145 Å². The molecule has 1 atom stereocenters. The molecule has 0 bridgehead atoms. The van der Waals surface area contributed by atoms with Gasteiger partial charge in [0, 0.05) is 29.2 Å². The minimum atomic E-state index is -0.954. The van der Waals surface area contributed by atoms with Crippen molar-refractivity contribution in [2.75, 3.05) is 0 Å². The zero-order valence-electron chi connectivity index (χ0n) is 32.6. The van der Waals surface area contributed by atoms with Crippen molar-refractivity contribution >= 4 is 34.2 Å². The minimum Gasteiger partial charge on any atom is -0.508 e. The number of esters is 1. The molecule has 1 saturated carbocycles. The van der Waals surface area contributed by atoms with E-state index >= 15 is 0 Å². The van der Waals surface area contributed by atoms with Gasteiger partial charge in [0.1, 0.15) is 35.6 Å². The first-order valence-electron chi connectivity index (χ1n) is 19.5. The van der Waals surface area contributed by atoms with Crippen molar-refractivity contribution in [1.82, 2.24) is 35.5 Å². The Morgan fingerprint density at radius 1 is 0.931 bits per heavy atom. The second kappa shape index (κ2) is 16.6. The predicted octanol–water partition coefficient (Wildman–Crippen LogP) is 9.08. The molecule has 3 aromatic heterocycles. The third-order valence-electron chi connectivity index (χ3n) is 10.3. The van der Waals surface area contributed by atoms with Crippen molar-refractivity contribution in [3.8, 4) is 45.4 Å². The van der Waals surface area contributed by atoms with Gasteiger partial charge in [-0.3, -0.25) is 4.79 Å². The van der Waals surface area contributed by atoms with Crippen LogP contribution in [0.25, 0.3) is 44.9 Å². The number of benzene rings is 4. The van der Waals surface area contributed by atoms with Gasteiger partial charge < -0.3 is 24.5 Å². The number of aromatic hydroxyl groups is 1. The Labute approximate surface area is 340 Å². The van der Waals surface area contributed by atoms with Gasteiger partial charge in [-0.1, -0.05) is 37.5 Å². The number of carbonyl (C=O) groups excluding carboxylic acids is 2. The number of imidazole rings is 1. The van der Waals surface area contributed by atoms with E-state index in [-0.39, 0.29) is 18.8 Å². The number of rotatable bonds is 12. The van der Waals surface area contributed by atoms with Gasteiger partial charge in [-0.2, -0.15) is 16.6 Å². The molecule has 296 valence electrons. The molecule has 3 heterocycles. The highest BCUT2D eigenvalue weighted by Gasteiger charge is 2.28. The molecular weight excluding hydrogens is 751 g/mol. The highest BCUT2D eigenvalue weighted by Crippen LogP contribution is 2.37. The number of thiophene rings is 1. The maximum absolute atomic E-state index is 13.8. The summed E-state index contributed by atoms with van der Waals surface area (Å²) in [6.07, 6.45) is 6.04. The minimum absolute atomic E-state index is 0.116. The van der Waals surface area contributed by atoms with Gasteiger partial charge in [0.2, 0.25) is 5.82 Å². The second-order valence-electron chi connectivity index (χ2n) is 15.7. The maximum Gasteiger partial charge on any atom is 0.329 e. The molecule has 4 aromatic carbocycles. The van der Waals surface area contributed by atoms with E-state index in [1.54, 1.807) is 62.4 Å². The molecule has 12 nitrogen and oxygen atoms in total. The van der Waals surface area contributed by atoms with Crippen LogP contribution in [0.15, 0.2) is 102 Å². The zero-order valence-corrected chi connectivity index (χ0v) is 33.5. The fourth-order valence-electron chi connectivity index (χ4n) is 7.52. The summed E-state index contributed by atoms with van der Waals surface area (Å²) in [5.74, 6) is 1.27. The summed E-state index contributed by atoms with van der Waals surface area (Å²) < 4.78 is 14.5. The Kier molecular flexibility index (Phi) is 11.1. The lowest BCUT2D eigenvalue weighted by Gasteiger charge is -2.25. The van der Waals surface area contributed by atoms with Crippen LogP contribution in [0.5, 0.6) is 11.5 Å². The van der Waals surface area contributed by atoms with E-state index in [0.717, 1.165) is 63.1 Å². The molecule has 8 rings (SSSR count). The summed E-state index contributed by atoms with van der Waals surface area (Å²) in [6, 6.07) is 27.6. The quantitative estimate of drug-likeness (QED) is 0.103. The number of nitrogens with zero attached hydrogens (tertiary/aromatic N) is 5. The number of hydrogen-bond donors (Lipinski definition) is 3. The molecule has 3 N–H and O–H groups in total. The summed E-state index contributed by atoms with van der Waals surface area (Å²) in [5.41, 5.74) is 6.99. The first-order valence-corrected chi connectivity index (χ1v) is 20.5. The number of tetrazole rings is 1. The average Bonchev–Trinajstić information content (AvgIpc) is 4.03. The smallest absolute Gasteiger partial charge is 0.329 e. The molecule has 13 heteroatoms. The number of carbonyl (C=O) groups is 2. The van der Waals surface area contributed by atoms with Crippen molar-refractivity contribution in [3.63, 3.8) is 0 Å². The van der Waals surface area contributed by atoms with E-state index in [2.05, 4.69) is 42.0 Å². The van der Waals surface area contributed by atoms with Gasteiger partial charge >= 0.3 is 5.97 Å². The van der Waals surface area contributed by atoms with Crippen molar-refractivity contribution in [1.29, 1.82) is 0 Å². The van der Waals surface area contributed by atoms with Crippen LogP contribution < -0.4 is 10.1 Å². The first-order chi connectivity index (χ1) is 28.1. The number of amides is 1. The SMILES string of the molecule is CC(C)(C)OC(=O)C(Cc1ccc(O)cc1)NC(=O)c1ccc(-c2ccsc2)c(COc2ccc(-c3nc4cc(-c5nn[nH]n5)ccc4n3C3CCCCC3)cc2)c1. The fourth-order valence-corrected chi connectivity index (χ4v) is 8.18. The third kappa shape index (κ3) is 8.79. The second-order valence-corrected chi connectivity index (χ2v) is 16.4.